The largest absolute Gasteiger partial charge is 0.357 e. The summed E-state index contributed by atoms with van der Waals surface area (Å²) >= 11 is 1.80. The van der Waals surface area contributed by atoms with Crippen LogP contribution >= 0.6 is 11.3 Å². The molecule has 1 saturated carbocycles. The molecule has 2 unspecified atom stereocenters. The number of aryl methyl sites for hydroxylation is 1. The van der Waals surface area contributed by atoms with Crippen molar-refractivity contribution in [2.45, 2.75) is 45.1 Å². The van der Waals surface area contributed by atoms with Crippen molar-refractivity contribution < 1.29 is 0 Å². The predicted octanol–water partition coefficient (Wildman–Crippen LogP) is 3.36. The van der Waals surface area contributed by atoms with Gasteiger partial charge in [-0.15, -0.1) is 11.3 Å². The first-order chi connectivity index (χ1) is 11.8. The second-order valence-electron chi connectivity index (χ2n) is 6.09. The number of nitrogens with zero attached hydrogens (tertiary/aromatic N) is 2. The molecule has 0 saturated heterocycles. The Balaban J connectivity index is 1.51. The molecule has 0 bridgehead atoms. The molecule has 1 heterocycles. The molecule has 0 aliphatic heterocycles. The molecule has 0 radical (unpaired) electrons. The topological polar surface area (TPSA) is 49.3 Å². The molecule has 0 spiro atoms. The fourth-order valence-electron chi connectivity index (χ4n) is 2.81. The normalized spacial score (nSPS) is 20.0. The summed E-state index contributed by atoms with van der Waals surface area (Å²) < 4.78 is 0. The van der Waals surface area contributed by atoms with Crippen LogP contribution in [0.3, 0.4) is 0 Å². The lowest BCUT2D eigenvalue weighted by Gasteiger charge is -2.11. The van der Waals surface area contributed by atoms with Crippen LogP contribution in [0.5, 0.6) is 0 Å². The van der Waals surface area contributed by atoms with Gasteiger partial charge in [0.05, 0.1) is 5.01 Å². The van der Waals surface area contributed by atoms with Crippen LogP contribution in [0.2, 0.25) is 0 Å². The number of guanidine groups is 1. The Hall–Kier alpha value is -1.88. The lowest BCUT2D eigenvalue weighted by atomic mass is 10.1. The van der Waals surface area contributed by atoms with Crippen LogP contribution in [-0.2, 0) is 12.8 Å². The minimum absolute atomic E-state index is 0.497. The summed E-state index contributed by atoms with van der Waals surface area (Å²) in [5.41, 5.74) is 1.42. The maximum Gasteiger partial charge on any atom is 0.191 e. The maximum atomic E-state index is 4.71. The predicted molar refractivity (Wildman–Crippen MR) is 102 cm³/mol. The highest BCUT2D eigenvalue weighted by Gasteiger charge is 2.38. The van der Waals surface area contributed by atoms with Crippen LogP contribution in [0, 0.1) is 0 Å². The highest BCUT2D eigenvalue weighted by atomic mass is 32.1. The van der Waals surface area contributed by atoms with Gasteiger partial charge >= 0.3 is 0 Å². The Bertz CT molecular complexity index is 665. The number of thiazole rings is 1. The third-order valence-corrected chi connectivity index (χ3v) is 5.43. The van der Waals surface area contributed by atoms with Crippen molar-refractivity contribution in [2.75, 3.05) is 13.1 Å². The van der Waals surface area contributed by atoms with Gasteiger partial charge in [-0.25, -0.2) is 4.98 Å². The quantitative estimate of drug-likeness (QED) is 0.599. The van der Waals surface area contributed by atoms with Gasteiger partial charge in [0.2, 0.25) is 0 Å². The lowest BCUT2D eigenvalue weighted by Crippen LogP contribution is -2.39. The standard InChI is InChI=1S/C19H26N4S/c1-3-15-13-22-18(24-15)10-11-21-19(20-4-2)23-17-12-16(17)14-8-6-5-7-9-14/h5-9,13,16-17H,3-4,10-12H2,1-2H3,(H2,20,21,23). The van der Waals surface area contributed by atoms with Crippen molar-refractivity contribution in [3.8, 4) is 0 Å². The number of aliphatic imine (C=N–C) groups is 1. The average molecular weight is 343 g/mol. The van der Waals surface area contributed by atoms with Crippen molar-refractivity contribution in [2.24, 2.45) is 4.99 Å². The maximum absolute atomic E-state index is 4.71. The molecule has 1 aliphatic rings. The van der Waals surface area contributed by atoms with Gasteiger partial charge in [-0.2, -0.15) is 0 Å². The molecule has 1 aromatic heterocycles. The Labute approximate surface area is 148 Å². The summed E-state index contributed by atoms with van der Waals surface area (Å²) in [5.74, 6) is 1.54. The number of nitrogens with one attached hydrogen (secondary N) is 2. The molecular formula is C19H26N4S. The zero-order valence-electron chi connectivity index (χ0n) is 14.5. The SMILES string of the molecule is CCNC(=NCCc1ncc(CC)s1)NC1CC1c1ccccc1. The highest BCUT2D eigenvalue weighted by molar-refractivity contribution is 7.11. The number of hydrogen-bond acceptors (Lipinski definition) is 3. The van der Waals surface area contributed by atoms with E-state index in [0.29, 0.717) is 12.0 Å². The van der Waals surface area contributed by atoms with Gasteiger partial charge in [-0.1, -0.05) is 37.3 Å². The number of benzene rings is 1. The van der Waals surface area contributed by atoms with Crippen molar-refractivity contribution in [1.82, 2.24) is 15.6 Å². The van der Waals surface area contributed by atoms with Crippen molar-refractivity contribution in [3.63, 3.8) is 0 Å². The number of aromatic nitrogens is 1. The molecule has 1 aliphatic carbocycles. The van der Waals surface area contributed by atoms with E-state index in [1.54, 1.807) is 11.3 Å². The Kier molecular flexibility index (Phi) is 5.86. The molecule has 24 heavy (non-hydrogen) atoms. The van der Waals surface area contributed by atoms with E-state index >= 15 is 0 Å². The fraction of sp³-hybridized carbons (Fsp3) is 0.474. The molecule has 2 aromatic rings. The van der Waals surface area contributed by atoms with Crippen molar-refractivity contribution in [1.29, 1.82) is 0 Å². The van der Waals surface area contributed by atoms with Gasteiger partial charge in [0.1, 0.15) is 0 Å². The molecule has 1 fully saturated rings. The first-order valence-corrected chi connectivity index (χ1v) is 9.65. The minimum atomic E-state index is 0.497. The van der Waals surface area contributed by atoms with Crippen LogP contribution < -0.4 is 10.6 Å². The van der Waals surface area contributed by atoms with Gasteiger partial charge in [0.15, 0.2) is 5.96 Å². The molecule has 4 nitrogen and oxygen atoms in total. The van der Waals surface area contributed by atoms with Gasteiger partial charge in [0.25, 0.3) is 0 Å². The van der Waals surface area contributed by atoms with Crippen LogP contribution in [0.1, 0.15) is 41.6 Å². The summed E-state index contributed by atoms with van der Waals surface area (Å²) in [6.45, 7) is 5.93. The monoisotopic (exact) mass is 342 g/mol. The summed E-state index contributed by atoms with van der Waals surface area (Å²) in [5, 5.41) is 8.10. The van der Waals surface area contributed by atoms with E-state index in [4.69, 9.17) is 4.99 Å². The summed E-state index contributed by atoms with van der Waals surface area (Å²) in [6, 6.07) is 11.2. The summed E-state index contributed by atoms with van der Waals surface area (Å²) in [4.78, 5) is 10.5. The van der Waals surface area contributed by atoms with Gasteiger partial charge < -0.3 is 10.6 Å². The third kappa shape index (κ3) is 4.57. The second-order valence-corrected chi connectivity index (χ2v) is 7.29. The van der Waals surface area contributed by atoms with E-state index < -0.39 is 0 Å². The zero-order chi connectivity index (χ0) is 16.8. The van der Waals surface area contributed by atoms with Gasteiger partial charge in [0, 0.05) is 42.5 Å². The van der Waals surface area contributed by atoms with E-state index in [1.165, 1.54) is 21.9 Å². The van der Waals surface area contributed by atoms with Crippen LogP contribution in [0.4, 0.5) is 0 Å². The number of rotatable bonds is 7. The average Bonchev–Trinajstić information content (AvgIpc) is 3.22. The lowest BCUT2D eigenvalue weighted by molar-refractivity contribution is 0.791. The van der Waals surface area contributed by atoms with E-state index in [2.05, 4.69) is 59.8 Å². The molecule has 2 atom stereocenters. The Morgan fingerprint density at radius 3 is 2.83 bits per heavy atom. The third-order valence-electron chi connectivity index (χ3n) is 4.23. The van der Waals surface area contributed by atoms with Gasteiger partial charge in [-0.3, -0.25) is 4.99 Å². The smallest absolute Gasteiger partial charge is 0.191 e. The molecule has 128 valence electrons. The van der Waals surface area contributed by atoms with E-state index in [1.807, 2.05) is 6.20 Å². The van der Waals surface area contributed by atoms with Crippen LogP contribution in [0.15, 0.2) is 41.5 Å². The fourth-order valence-corrected chi connectivity index (χ4v) is 3.66. The first kappa shape index (κ1) is 17.0. The van der Waals surface area contributed by atoms with E-state index in [9.17, 15) is 0 Å². The molecule has 0 amide bonds. The van der Waals surface area contributed by atoms with Crippen LogP contribution in [-0.4, -0.2) is 30.1 Å². The molecule has 1 aromatic carbocycles. The number of hydrogen-bond donors (Lipinski definition) is 2. The van der Waals surface area contributed by atoms with E-state index in [0.717, 1.165) is 31.9 Å². The molecule has 3 rings (SSSR count). The second kappa shape index (κ2) is 8.29. The molecule has 2 N–H and O–H groups in total. The highest BCUT2D eigenvalue weighted by Crippen LogP contribution is 2.40. The Morgan fingerprint density at radius 1 is 1.29 bits per heavy atom. The zero-order valence-corrected chi connectivity index (χ0v) is 15.3. The Morgan fingerprint density at radius 2 is 2.12 bits per heavy atom. The molecule has 5 heteroatoms. The van der Waals surface area contributed by atoms with Crippen LogP contribution in [0.25, 0.3) is 0 Å². The molecular weight excluding hydrogens is 316 g/mol. The summed E-state index contributed by atoms with van der Waals surface area (Å²) in [6.07, 6.45) is 5.14. The van der Waals surface area contributed by atoms with Crippen molar-refractivity contribution >= 4 is 17.3 Å². The van der Waals surface area contributed by atoms with Crippen molar-refractivity contribution in [3.05, 3.63) is 52.0 Å². The van der Waals surface area contributed by atoms with E-state index in [-0.39, 0.29) is 0 Å². The summed E-state index contributed by atoms with van der Waals surface area (Å²) in [7, 11) is 0. The minimum Gasteiger partial charge on any atom is -0.357 e. The van der Waals surface area contributed by atoms with Gasteiger partial charge in [-0.05, 0) is 25.3 Å². The first-order valence-electron chi connectivity index (χ1n) is 8.83.